The van der Waals surface area contributed by atoms with Crippen molar-refractivity contribution in [2.45, 2.75) is 17.6 Å². The van der Waals surface area contributed by atoms with E-state index in [1.165, 1.54) is 18.0 Å². The molecule has 0 saturated carbocycles. The minimum absolute atomic E-state index is 0.0630. The van der Waals surface area contributed by atoms with Gasteiger partial charge in [0.05, 0.1) is 17.9 Å². The summed E-state index contributed by atoms with van der Waals surface area (Å²) in [6.07, 6.45) is 1.78. The summed E-state index contributed by atoms with van der Waals surface area (Å²) in [6, 6.07) is 7.02. The number of benzene rings is 1. The molecule has 0 radical (unpaired) electrons. The Bertz CT molecular complexity index is 1130. The second-order valence-electron chi connectivity index (χ2n) is 7.17. The molecule has 3 aromatic rings. The summed E-state index contributed by atoms with van der Waals surface area (Å²) >= 11 is 7.57. The van der Waals surface area contributed by atoms with Crippen LogP contribution in [0.4, 0.5) is 0 Å². The van der Waals surface area contributed by atoms with Crippen LogP contribution in [0.15, 0.2) is 40.4 Å². The fourth-order valence-electron chi connectivity index (χ4n) is 3.28. The van der Waals surface area contributed by atoms with Crippen LogP contribution in [0.3, 0.4) is 0 Å². The SMILES string of the molecule is CN(C)CCNC(=O)CC1CSc2nc3c(cnn3-c3cccc(Cl)c3)c(=O)n21. The standard InChI is InChI=1S/C19H21ClN6O2S/c1-24(2)7-6-21-16(27)9-14-11-29-19-23-17-15(18(28)25(14)19)10-22-26(17)13-5-3-4-12(20)8-13/h3-5,8,10,14H,6-7,9,11H2,1-2H3,(H,21,27). The van der Waals surface area contributed by atoms with Crippen molar-refractivity contribution in [2.24, 2.45) is 0 Å². The average Bonchev–Trinajstić information content (AvgIpc) is 3.26. The van der Waals surface area contributed by atoms with Crippen LogP contribution in [0.1, 0.15) is 12.5 Å². The third-order valence-corrected chi connectivity index (χ3v) is 6.06. The highest BCUT2D eigenvalue weighted by Gasteiger charge is 2.29. The first kappa shape index (κ1) is 19.9. The number of carbonyl (C=O) groups excluding carboxylic acids is 1. The molecule has 1 aromatic carbocycles. The van der Waals surface area contributed by atoms with Crippen LogP contribution in [0.25, 0.3) is 16.7 Å². The lowest BCUT2D eigenvalue weighted by atomic mass is 10.2. The monoisotopic (exact) mass is 432 g/mol. The quantitative estimate of drug-likeness (QED) is 0.599. The Morgan fingerprint density at radius 2 is 2.24 bits per heavy atom. The van der Waals surface area contributed by atoms with E-state index in [9.17, 15) is 9.59 Å². The van der Waals surface area contributed by atoms with Crippen LogP contribution in [0, 0.1) is 0 Å². The zero-order valence-corrected chi connectivity index (χ0v) is 17.7. The number of rotatable bonds is 6. The molecule has 0 bridgehead atoms. The topological polar surface area (TPSA) is 85.1 Å². The van der Waals surface area contributed by atoms with Crippen molar-refractivity contribution in [1.82, 2.24) is 29.5 Å². The minimum Gasteiger partial charge on any atom is -0.355 e. The Kier molecular flexibility index (Phi) is 5.62. The molecule has 10 heteroatoms. The van der Waals surface area contributed by atoms with Crippen molar-refractivity contribution in [1.29, 1.82) is 0 Å². The molecule has 0 spiro atoms. The molecule has 4 rings (SSSR count). The van der Waals surface area contributed by atoms with Crippen molar-refractivity contribution >= 4 is 40.3 Å². The van der Waals surface area contributed by atoms with Gasteiger partial charge in [-0.2, -0.15) is 5.10 Å². The normalized spacial score (nSPS) is 15.8. The average molecular weight is 433 g/mol. The van der Waals surface area contributed by atoms with Gasteiger partial charge in [-0.1, -0.05) is 29.4 Å². The Balaban J connectivity index is 1.62. The van der Waals surface area contributed by atoms with Gasteiger partial charge < -0.3 is 10.2 Å². The molecule has 1 atom stereocenters. The van der Waals surface area contributed by atoms with Gasteiger partial charge in [-0.15, -0.1) is 0 Å². The largest absolute Gasteiger partial charge is 0.355 e. The molecule has 0 aliphatic carbocycles. The molecule has 1 unspecified atom stereocenters. The van der Waals surface area contributed by atoms with Gasteiger partial charge in [-0.25, -0.2) is 9.67 Å². The molecule has 8 nitrogen and oxygen atoms in total. The fraction of sp³-hybridized carbons (Fsp3) is 0.368. The van der Waals surface area contributed by atoms with Crippen LogP contribution in [-0.2, 0) is 4.79 Å². The van der Waals surface area contributed by atoms with E-state index >= 15 is 0 Å². The number of thioether (sulfide) groups is 1. The zero-order valence-electron chi connectivity index (χ0n) is 16.1. The number of halogens is 1. The van der Waals surface area contributed by atoms with Crippen molar-refractivity contribution < 1.29 is 4.79 Å². The lowest BCUT2D eigenvalue weighted by molar-refractivity contribution is -0.121. The predicted octanol–water partition coefficient (Wildman–Crippen LogP) is 1.95. The lowest BCUT2D eigenvalue weighted by Crippen LogP contribution is -2.34. The maximum absolute atomic E-state index is 13.1. The number of aromatic nitrogens is 4. The van der Waals surface area contributed by atoms with E-state index in [0.29, 0.717) is 33.5 Å². The first-order chi connectivity index (χ1) is 13.9. The molecule has 29 heavy (non-hydrogen) atoms. The van der Waals surface area contributed by atoms with Crippen LogP contribution >= 0.6 is 23.4 Å². The maximum Gasteiger partial charge on any atom is 0.265 e. The van der Waals surface area contributed by atoms with Gasteiger partial charge in [0.2, 0.25) is 5.91 Å². The molecule has 1 amide bonds. The summed E-state index contributed by atoms with van der Waals surface area (Å²) < 4.78 is 3.24. The van der Waals surface area contributed by atoms with Crippen LogP contribution in [0.5, 0.6) is 0 Å². The first-order valence-electron chi connectivity index (χ1n) is 9.24. The summed E-state index contributed by atoms with van der Waals surface area (Å²) in [5, 5.41) is 8.86. The number of fused-ring (bicyclic) bond motifs is 2. The number of nitrogens with one attached hydrogen (secondary N) is 1. The van der Waals surface area contributed by atoms with E-state index < -0.39 is 0 Å². The maximum atomic E-state index is 13.1. The smallest absolute Gasteiger partial charge is 0.265 e. The second-order valence-corrected chi connectivity index (χ2v) is 8.59. The Morgan fingerprint density at radius 3 is 3.00 bits per heavy atom. The Morgan fingerprint density at radius 1 is 1.41 bits per heavy atom. The summed E-state index contributed by atoms with van der Waals surface area (Å²) in [7, 11) is 3.91. The summed E-state index contributed by atoms with van der Waals surface area (Å²) in [6.45, 7) is 1.35. The van der Waals surface area contributed by atoms with Crippen LogP contribution in [-0.4, -0.2) is 63.1 Å². The van der Waals surface area contributed by atoms with Gasteiger partial charge in [0.15, 0.2) is 10.8 Å². The van der Waals surface area contributed by atoms with E-state index in [1.54, 1.807) is 21.4 Å². The summed E-state index contributed by atoms with van der Waals surface area (Å²) in [5.74, 6) is 0.576. The van der Waals surface area contributed by atoms with E-state index in [1.807, 2.05) is 31.1 Å². The third kappa shape index (κ3) is 4.03. The van der Waals surface area contributed by atoms with Gasteiger partial charge in [0.1, 0.15) is 5.39 Å². The van der Waals surface area contributed by atoms with Gasteiger partial charge in [-0.05, 0) is 32.3 Å². The van der Waals surface area contributed by atoms with Crippen molar-refractivity contribution in [3.8, 4) is 5.69 Å². The molecular formula is C19H21ClN6O2S. The van der Waals surface area contributed by atoms with E-state index in [0.717, 1.165) is 12.2 Å². The highest BCUT2D eigenvalue weighted by Crippen LogP contribution is 2.33. The van der Waals surface area contributed by atoms with Gasteiger partial charge in [-0.3, -0.25) is 14.2 Å². The zero-order chi connectivity index (χ0) is 20.5. The fourth-order valence-corrected chi connectivity index (χ4v) is 4.60. The molecule has 152 valence electrons. The summed E-state index contributed by atoms with van der Waals surface area (Å²) in [4.78, 5) is 32.1. The second kappa shape index (κ2) is 8.17. The highest BCUT2D eigenvalue weighted by atomic mass is 35.5. The molecule has 0 fully saturated rings. The molecule has 2 aromatic heterocycles. The highest BCUT2D eigenvalue weighted by molar-refractivity contribution is 7.99. The Labute approximate surface area is 176 Å². The van der Waals surface area contributed by atoms with Crippen molar-refractivity contribution in [3.05, 3.63) is 45.8 Å². The number of hydrogen-bond donors (Lipinski definition) is 1. The number of nitrogens with zero attached hydrogens (tertiary/aromatic N) is 5. The van der Waals surface area contributed by atoms with Crippen molar-refractivity contribution in [2.75, 3.05) is 32.9 Å². The molecule has 3 heterocycles. The Hall–Kier alpha value is -2.36. The number of hydrogen-bond acceptors (Lipinski definition) is 6. The van der Waals surface area contributed by atoms with Gasteiger partial charge >= 0.3 is 0 Å². The van der Waals surface area contributed by atoms with E-state index in [-0.39, 0.29) is 23.9 Å². The van der Waals surface area contributed by atoms with Gasteiger partial charge in [0, 0.05) is 30.3 Å². The molecule has 0 saturated heterocycles. The number of carbonyl (C=O) groups is 1. The number of amides is 1. The molecular weight excluding hydrogens is 412 g/mol. The first-order valence-corrected chi connectivity index (χ1v) is 10.6. The van der Waals surface area contributed by atoms with E-state index in [2.05, 4.69) is 15.4 Å². The van der Waals surface area contributed by atoms with Crippen molar-refractivity contribution in [3.63, 3.8) is 0 Å². The number of likely N-dealkylation sites (N-methyl/N-ethyl adjacent to an activating group) is 1. The minimum atomic E-state index is -0.215. The lowest BCUT2D eigenvalue weighted by Gasteiger charge is -2.14. The molecule has 1 aliphatic rings. The van der Waals surface area contributed by atoms with Crippen LogP contribution in [0.2, 0.25) is 5.02 Å². The molecule has 1 N–H and O–H groups in total. The van der Waals surface area contributed by atoms with Crippen LogP contribution < -0.4 is 10.9 Å². The summed E-state index contributed by atoms with van der Waals surface area (Å²) in [5.41, 5.74) is 1.06. The predicted molar refractivity (Wildman–Crippen MR) is 114 cm³/mol. The molecule has 1 aliphatic heterocycles. The van der Waals surface area contributed by atoms with Gasteiger partial charge in [0.25, 0.3) is 5.56 Å². The third-order valence-electron chi connectivity index (χ3n) is 4.73. The van der Waals surface area contributed by atoms with E-state index in [4.69, 9.17) is 11.6 Å².